The monoisotopic (exact) mass is 335 g/mol. The molecular weight excluding hydrogens is 322 g/mol. The third-order valence-electron chi connectivity index (χ3n) is 4.61. The highest BCUT2D eigenvalue weighted by atomic mass is 14.8. The Morgan fingerprint density at radius 3 is 2.04 bits per heavy atom. The number of nitriles is 4. The Kier molecular flexibility index (Phi) is 4.16. The summed E-state index contributed by atoms with van der Waals surface area (Å²) in [4.78, 5) is 3.22. The van der Waals surface area contributed by atoms with Crippen LogP contribution in [0, 0.1) is 52.2 Å². The predicted octanol–water partition coefficient (Wildman–Crippen LogP) is 3.94. The largest absolute Gasteiger partial charge is 0.356 e. The molecule has 0 spiro atoms. The highest BCUT2D eigenvalue weighted by Gasteiger charge is 2.38. The van der Waals surface area contributed by atoms with E-state index in [4.69, 9.17) is 10.5 Å². The summed E-state index contributed by atoms with van der Waals surface area (Å²) in [6.07, 6.45) is 0. The fourth-order valence-electron chi connectivity index (χ4n) is 3.17. The van der Waals surface area contributed by atoms with Crippen molar-refractivity contribution in [2.24, 2.45) is 0 Å². The van der Waals surface area contributed by atoms with Crippen LogP contribution in [0.25, 0.3) is 10.9 Å². The van der Waals surface area contributed by atoms with Crippen LogP contribution < -0.4 is 0 Å². The third-order valence-corrected chi connectivity index (χ3v) is 4.61. The second-order valence-corrected chi connectivity index (χ2v) is 5.96. The summed E-state index contributed by atoms with van der Waals surface area (Å²) in [5.41, 5.74) is 1.78. The van der Waals surface area contributed by atoms with Crippen LogP contribution in [-0.2, 0) is 5.41 Å². The van der Waals surface area contributed by atoms with Crippen molar-refractivity contribution in [2.45, 2.75) is 18.3 Å². The van der Waals surface area contributed by atoms with E-state index in [1.165, 1.54) is 0 Å². The molecule has 0 aliphatic heterocycles. The summed E-state index contributed by atoms with van der Waals surface area (Å²) < 4.78 is 0. The van der Waals surface area contributed by atoms with Gasteiger partial charge < -0.3 is 4.98 Å². The fraction of sp³-hybridized carbons (Fsp3) is 0.143. The molecule has 26 heavy (non-hydrogen) atoms. The molecule has 0 bridgehead atoms. The number of aromatic nitrogens is 1. The van der Waals surface area contributed by atoms with Gasteiger partial charge in [0.15, 0.2) is 5.92 Å². The zero-order valence-corrected chi connectivity index (χ0v) is 14.0. The molecule has 2 aromatic carbocycles. The lowest BCUT2D eigenvalue weighted by Crippen LogP contribution is -2.25. The molecule has 0 amide bonds. The number of benzene rings is 2. The number of hydrogen-bond acceptors (Lipinski definition) is 4. The topological polar surface area (TPSA) is 111 Å². The van der Waals surface area contributed by atoms with Gasteiger partial charge in [-0.05, 0) is 29.7 Å². The molecule has 0 aliphatic carbocycles. The number of nitrogens with one attached hydrogen (secondary N) is 1. The molecule has 5 heteroatoms. The minimum absolute atomic E-state index is 0.496. The molecule has 1 aromatic heterocycles. The van der Waals surface area contributed by atoms with Crippen LogP contribution in [0.4, 0.5) is 0 Å². The molecule has 0 atom stereocenters. The van der Waals surface area contributed by atoms with Gasteiger partial charge in [-0.1, -0.05) is 42.5 Å². The van der Waals surface area contributed by atoms with Gasteiger partial charge in [0.05, 0.1) is 30.0 Å². The van der Waals surface area contributed by atoms with E-state index in [-0.39, 0.29) is 0 Å². The van der Waals surface area contributed by atoms with E-state index < -0.39 is 11.3 Å². The average Bonchev–Trinajstić information content (AvgIpc) is 3.03. The smallest absolute Gasteiger partial charge is 0.208 e. The SMILES string of the molecule is Cc1c(C(C#N)(C#N)c2ccc(C(C#N)C#N)cc2)[nH]c2ccccc12. The molecule has 0 radical (unpaired) electrons. The molecule has 3 aromatic rings. The van der Waals surface area contributed by atoms with Crippen molar-refractivity contribution in [3.05, 3.63) is 70.9 Å². The maximum atomic E-state index is 9.91. The second-order valence-electron chi connectivity index (χ2n) is 5.96. The molecule has 1 heterocycles. The van der Waals surface area contributed by atoms with Gasteiger partial charge in [-0.2, -0.15) is 21.0 Å². The summed E-state index contributed by atoms with van der Waals surface area (Å²) in [7, 11) is 0. The van der Waals surface area contributed by atoms with E-state index in [2.05, 4.69) is 17.1 Å². The molecule has 0 unspecified atom stereocenters. The standard InChI is InChI=1S/C21H13N5/c1-14-18-4-2-3-5-19(18)26-20(14)21(12-24,13-25)17-8-6-15(7-9-17)16(10-22)11-23/h2-9,16,26H,1H3. The molecule has 3 rings (SSSR count). The molecule has 0 fully saturated rings. The Balaban J connectivity index is 2.19. The van der Waals surface area contributed by atoms with Gasteiger partial charge in [0.1, 0.15) is 0 Å². The lowest BCUT2D eigenvalue weighted by Gasteiger charge is -2.19. The molecule has 0 saturated carbocycles. The van der Waals surface area contributed by atoms with Crippen molar-refractivity contribution >= 4 is 10.9 Å². The number of para-hydroxylation sites is 1. The minimum atomic E-state index is -1.50. The van der Waals surface area contributed by atoms with Crippen molar-refractivity contribution in [1.82, 2.24) is 4.98 Å². The number of nitrogens with zero attached hydrogens (tertiary/aromatic N) is 4. The van der Waals surface area contributed by atoms with Crippen LogP contribution in [0.5, 0.6) is 0 Å². The van der Waals surface area contributed by atoms with Gasteiger partial charge in [0.2, 0.25) is 5.41 Å². The number of aromatic amines is 1. The number of H-pyrrole nitrogens is 1. The van der Waals surface area contributed by atoms with Gasteiger partial charge in [-0.15, -0.1) is 0 Å². The van der Waals surface area contributed by atoms with Crippen LogP contribution in [0.2, 0.25) is 0 Å². The van der Waals surface area contributed by atoms with Crippen LogP contribution in [0.15, 0.2) is 48.5 Å². The van der Waals surface area contributed by atoms with Gasteiger partial charge in [0, 0.05) is 10.9 Å². The Bertz CT molecular complexity index is 1110. The van der Waals surface area contributed by atoms with Crippen LogP contribution in [0.3, 0.4) is 0 Å². The zero-order valence-electron chi connectivity index (χ0n) is 14.0. The van der Waals surface area contributed by atoms with Gasteiger partial charge in [-0.25, -0.2) is 0 Å². The number of aryl methyl sites for hydroxylation is 1. The van der Waals surface area contributed by atoms with Crippen LogP contribution in [-0.4, -0.2) is 4.98 Å². The molecule has 5 nitrogen and oxygen atoms in total. The van der Waals surface area contributed by atoms with Crippen molar-refractivity contribution in [3.8, 4) is 24.3 Å². The molecule has 1 N–H and O–H groups in total. The summed E-state index contributed by atoms with van der Waals surface area (Å²) in [5, 5.41) is 38.8. The lowest BCUT2D eigenvalue weighted by molar-refractivity contribution is 0.809. The van der Waals surface area contributed by atoms with Crippen molar-refractivity contribution < 1.29 is 0 Å². The number of rotatable bonds is 3. The van der Waals surface area contributed by atoms with E-state index in [0.29, 0.717) is 16.8 Å². The number of fused-ring (bicyclic) bond motifs is 1. The highest BCUT2D eigenvalue weighted by molar-refractivity contribution is 5.85. The van der Waals surface area contributed by atoms with Crippen LogP contribution in [0.1, 0.15) is 28.3 Å². The lowest BCUT2D eigenvalue weighted by atomic mass is 9.78. The highest BCUT2D eigenvalue weighted by Crippen LogP contribution is 2.36. The first-order valence-corrected chi connectivity index (χ1v) is 7.91. The van der Waals surface area contributed by atoms with Crippen molar-refractivity contribution in [1.29, 1.82) is 21.0 Å². The summed E-state index contributed by atoms with van der Waals surface area (Å²) in [6.45, 7) is 1.88. The van der Waals surface area contributed by atoms with Gasteiger partial charge >= 0.3 is 0 Å². The Hall–Kier alpha value is -4.06. The summed E-state index contributed by atoms with van der Waals surface area (Å²) in [5.74, 6) is -0.877. The maximum absolute atomic E-state index is 9.91. The van der Waals surface area contributed by atoms with E-state index in [1.54, 1.807) is 24.3 Å². The van der Waals surface area contributed by atoms with E-state index in [1.807, 2.05) is 43.3 Å². The Labute approximate surface area is 151 Å². The fourth-order valence-corrected chi connectivity index (χ4v) is 3.17. The summed E-state index contributed by atoms with van der Waals surface area (Å²) in [6, 6.07) is 22.3. The molecule has 0 saturated heterocycles. The van der Waals surface area contributed by atoms with Crippen molar-refractivity contribution in [2.75, 3.05) is 0 Å². The third kappa shape index (κ3) is 2.37. The molecule has 122 valence electrons. The molecular formula is C21H13N5. The normalized spacial score (nSPS) is 10.7. The van der Waals surface area contributed by atoms with Crippen LogP contribution >= 0.6 is 0 Å². The molecule has 0 aliphatic rings. The second kappa shape index (κ2) is 6.45. The zero-order chi connectivity index (χ0) is 18.7. The Morgan fingerprint density at radius 2 is 1.50 bits per heavy atom. The Morgan fingerprint density at radius 1 is 0.885 bits per heavy atom. The van der Waals surface area contributed by atoms with E-state index >= 15 is 0 Å². The van der Waals surface area contributed by atoms with Gasteiger partial charge in [-0.3, -0.25) is 0 Å². The first-order valence-electron chi connectivity index (χ1n) is 7.91. The predicted molar refractivity (Wildman–Crippen MR) is 95.5 cm³/mol. The average molecular weight is 335 g/mol. The van der Waals surface area contributed by atoms with E-state index in [0.717, 1.165) is 16.5 Å². The first kappa shape index (κ1) is 16.8. The summed E-state index contributed by atoms with van der Waals surface area (Å²) >= 11 is 0. The quantitative estimate of drug-likeness (QED) is 0.781. The number of hydrogen-bond donors (Lipinski definition) is 1. The van der Waals surface area contributed by atoms with Gasteiger partial charge in [0.25, 0.3) is 0 Å². The van der Waals surface area contributed by atoms with Crippen molar-refractivity contribution in [3.63, 3.8) is 0 Å². The first-order chi connectivity index (χ1) is 12.6. The minimum Gasteiger partial charge on any atom is -0.356 e. The van der Waals surface area contributed by atoms with E-state index in [9.17, 15) is 10.5 Å². The maximum Gasteiger partial charge on any atom is 0.208 e.